The van der Waals surface area contributed by atoms with Gasteiger partial charge in [-0.15, -0.1) is 0 Å². The van der Waals surface area contributed by atoms with Gasteiger partial charge in [0.05, 0.1) is 5.56 Å². The Kier molecular flexibility index (Phi) is 8.10. The van der Waals surface area contributed by atoms with Crippen LogP contribution < -0.4 is 4.74 Å². The summed E-state index contributed by atoms with van der Waals surface area (Å²) in [6, 6.07) is 7.42. The zero-order valence-electron chi connectivity index (χ0n) is 17.1. The predicted molar refractivity (Wildman–Crippen MR) is 107 cm³/mol. The second-order valence-electron chi connectivity index (χ2n) is 7.22. The van der Waals surface area contributed by atoms with Gasteiger partial charge in [0.15, 0.2) is 0 Å². The van der Waals surface area contributed by atoms with E-state index < -0.39 is 0 Å². The number of piperidine rings is 1. The molecular formula is C21H33N3O3. The van der Waals surface area contributed by atoms with E-state index in [9.17, 15) is 9.59 Å². The van der Waals surface area contributed by atoms with Crippen molar-refractivity contribution in [3.63, 3.8) is 0 Å². The third kappa shape index (κ3) is 5.70. The Bertz CT molecular complexity index is 621. The van der Waals surface area contributed by atoms with Crippen LogP contribution in [-0.2, 0) is 4.79 Å². The van der Waals surface area contributed by atoms with Crippen molar-refractivity contribution in [1.82, 2.24) is 14.7 Å². The number of benzene rings is 1. The molecule has 1 aliphatic rings. The number of hydrogen-bond donors (Lipinski definition) is 0. The SMILES string of the molecule is CCN(CC)C(=O)C1CCN(C(=O)c2ccccc2OCCN(C)C)CC1. The molecule has 6 nitrogen and oxygen atoms in total. The normalized spacial score (nSPS) is 15.1. The topological polar surface area (TPSA) is 53.1 Å². The Labute approximate surface area is 163 Å². The smallest absolute Gasteiger partial charge is 0.257 e. The van der Waals surface area contributed by atoms with Crippen molar-refractivity contribution < 1.29 is 14.3 Å². The van der Waals surface area contributed by atoms with Crippen molar-refractivity contribution in [2.45, 2.75) is 26.7 Å². The molecule has 150 valence electrons. The fourth-order valence-corrected chi connectivity index (χ4v) is 3.40. The molecule has 0 bridgehead atoms. The van der Waals surface area contributed by atoms with E-state index in [0.29, 0.717) is 31.0 Å². The number of hydrogen-bond acceptors (Lipinski definition) is 4. The Hall–Kier alpha value is -2.08. The standard InChI is InChI=1S/C21H33N3O3/c1-5-23(6-2)20(25)17-11-13-24(14-12-17)21(26)18-9-7-8-10-19(18)27-16-15-22(3)4/h7-10,17H,5-6,11-16H2,1-4H3. The number of likely N-dealkylation sites (N-methyl/N-ethyl adjacent to an activating group) is 1. The van der Waals surface area contributed by atoms with Gasteiger partial charge in [0.1, 0.15) is 12.4 Å². The number of carbonyl (C=O) groups is 2. The van der Waals surface area contributed by atoms with Gasteiger partial charge in [-0.2, -0.15) is 0 Å². The molecule has 27 heavy (non-hydrogen) atoms. The highest BCUT2D eigenvalue weighted by molar-refractivity contribution is 5.97. The number of rotatable bonds is 8. The van der Waals surface area contributed by atoms with E-state index in [0.717, 1.165) is 32.5 Å². The Morgan fingerprint density at radius 1 is 1.11 bits per heavy atom. The molecular weight excluding hydrogens is 342 g/mol. The summed E-state index contributed by atoms with van der Waals surface area (Å²) in [4.78, 5) is 31.3. The molecule has 2 amide bonds. The van der Waals surface area contributed by atoms with Gasteiger partial charge < -0.3 is 19.4 Å². The van der Waals surface area contributed by atoms with Crippen LogP contribution in [0, 0.1) is 5.92 Å². The van der Waals surface area contributed by atoms with Crippen LogP contribution in [0.5, 0.6) is 5.75 Å². The number of nitrogens with zero attached hydrogens (tertiary/aromatic N) is 3. The molecule has 0 atom stereocenters. The minimum atomic E-state index is -0.0100. The lowest BCUT2D eigenvalue weighted by atomic mass is 9.94. The molecule has 1 saturated heterocycles. The Morgan fingerprint density at radius 2 is 1.74 bits per heavy atom. The van der Waals surface area contributed by atoms with Gasteiger partial charge in [-0.3, -0.25) is 9.59 Å². The molecule has 1 aliphatic heterocycles. The summed E-state index contributed by atoms with van der Waals surface area (Å²) in [5.74, 6) is 0.870. The first-order valence-electron chi connectivity index (χ1n) is 9.92. The van der Waals surface area contributed by atoms with E-state index in [4.69, 9.17) is 4.74 Å². The molecule has 2 rings (SSSR count). The first-order valence-corrected chi connectivity index (χ1v) is 9.92. The zero-order chi connectivity index (χ0) is 19.8. The summed E-state index contributed by atoms with van der Waals surface area (Å²) in [6.07, 6.45) is 1.45. The van der Waals surface area contributed by atoms with Crippen LogP contribution >= 0.6 is 0 Å². The molecule has 1 aromatic carbocycles. The highest BCUT2D eigenvalue weighted by atomic mass is 16.5. The lowest BCUT2D eigenvalue weighted by Gasteiger charge is -2.34. The molecule has 0 radical (unpaired) electrons. The molecule has 1 fully saturated rings. The average molecular weight is 376 g/mol. The number of likely N-dealkylation sites (tertiary alicyclic amines) is 1. The van der Waals surface area contributed by atoms with Crippen LogP contribution in [0.2, 0.25) is 0 Å². The number of carbonyl (C=O) groups excluding carboxylic acids is 2. The second-order valence-corrected chi connectivity index (χ2v) is 7.22. The number of amides is 2. The lowest BCUT2D eigenvalue weighted by molar-refractivity contribution is -0.136. The Morgan fingerprint density at radius 3 is 2.33 bits per heavy atom. The minimum absolute atomic E-state index is 0.0100. The lowest BCUT2D eigenvalue weighted by Crippen LogP contribution is -2.44. The van der Waals surface area contributed by atoms with Crippen molar-refractivity contribution in [2.75, 3.05) is 53.4 Å². The van der Waals surface area contributed by atoms with E-state index in [2.05, 4.69) is 0 Å². The van der Waals surface area contributed by atoms with Crippen LogP contribution in [-0.4, -0.2) is 79.9 Å². The summed E-state index contributed by atoms with van der Waals surface area (Å²) in [5, 5.41) is 0. The zero-order valence-corrected chi connectivity index (χ0v) is 17.1. The van der Waals surface area contributed by atoms with Gasteiger partial charge in [0, 0.05) is 38.6 Å². The maximum atomic E-state index is 13.0. The van der Waals surface area contributed by atoms with E-state index in [-0.39, 0.29) is 17.7 Å². The van der Waals surface area contributed by atoms with E-state index in [1.165, 1.54) is 0 Å². The van der Waals surface area contributed by atoms with Crippen LogP contribution in [0.25, 0.3) is 0 Å². The summed E-state index contributed by atoms with van der Waals surface area (Å²) >= 11 is 0. The molecule has 0 unspecified atom stereocenters. The van der Waals surface area contributed by atoms with Crippen LogP contribution in [0.4, 0.5) is 0 Å². The van der Waals surface area contributed by atoms with Crippen molar-refractivity contribution in [2.24, 2.45) is 5.92 Å². The van der Waals surface area contributed by atoms with Crippen LogP contribution in [0.1, 0.15) is 37.0 Å². The second kappa shape index (κ2) is 10.3. The molecule has 6 heteroatoms. The van der Waals surface area contributed by atoms with Gasteiger partial charge in [-0.25, -0.2) is 0 Å². The monoisotopic (exact) mass is 375 g/mol. The third-order valence-corrected chi connectivity index (χ3v) is 5.12. The molecule has 0 aromatic heterocycles. The highest BCUT2D eigenvalue weighted by Gasteiger charge is 2.30. The maximum Gasteiger partial charge on any atom is 0.257 e. The van der Waals surface area contributed by atoms with Crippen molar-refractivity contribution >= 4 is 11.8 Å². The van der Waals surface area contributed by atoms with E-state index >= 15 is 0 Å². The van der Waals surface area contributed by atoms with Crippen molar-refractivity contribution in [1.29, 1.82) is 0 Å². The summed E-state index contributed by atoms with van der Waals surface area (Å²) < 4.78 is 5.83. The molecule has 0 spiro atoms. The maximum absolute atomic E-state index is 13.0. The highest BCUT2D eigenvalue weighted by Crippen LogP contribution is 2.25. The fraction of sp³-hybridized carbons (Fsp3) is 0.619. The van der Waals surface area contributed by atoms with Gasteiger partial charge in [-0.05, 0) is 52.9 Å². The van der Waals surface area contributed by atoms with Gasteiger partial charge >= 0.3 is 0 Å². The predicted octanol–water partition coefficient (Wildman–Crippen LogP) is 2.35. The van der Waals surface area contributed by atoms with Gasteiger partial charge in [-0.1, -0.05) is 12.1 Å². The van der Waals surface area contributed by atoms with E-state index in [1.54, 1.807) is 0 Å². The van der Waals surface area contributed by atoms with Gasteiger partial charge in [0.2, 0.25) is 5.91 Å². The Balaban J connectivity index is 1.97. The van der Waals surface area contributed by atoms with Crippen molar-refractivity contribution in [3.8, 4) is 5.75 Å². The average Bonchev–Trinajstić information content (AvgIpc) is 2.68. The molecule has 0 aliphatic carbocycles. The number of para-hydroxylation sites is 1. The first-order chi connectivity index (χ1) is 13.0. The van der Waals surface area contributed by atoms with Crippen molar-refractivity contribution in [3.05, 3.63) is 29.8 Å². The largest absolute Gasteiger partial charge is 0.491 e. The summed E-state index contributed by atoms with van der Waals surface area (Å²) in [6.45, 7) is 8.06. The van der Waals surface area contributed by atoms with Crippen LogP contribution in [0.3, 0.4) is 0 Å². The summed E-state index contributed by atoms with van der Waals surface area (Å²) in [7, 11) is 3.98. The quantitative estimate of drug-likeness (QED) is 0.700. The first kappa shape index (κ1) is 21.2. The third-order valence-electron chi connectivity index (χ3n) is 5.12. The molecule has 0 saturated carbocycles. The van der Waals surface area contributed by atoms with E-state index in [1.807, 2.05) is 66.9 Å². The van der Waals surface area contributed by atoms with Crippen LogP contribution in [0.15, 0.2) is 24.3 Å². The molecule has 0 N–H and O–H groups in total. The number of ether oxygens (including phenoxy) is 1. The minimum Gasteiger partial charge on any atom is -0.491 e. The molecule has 1 heterocycles. The summed E-state index contributed by atoms with van der Waals surface area (Å²) in [5.41, 5.74) is 0.602. The van der Waals surface area contributed by atoms with Gasteiger partial charge in [0.25, 0.3) is 5.91 Å². The fourth-order valence-electron chi connectivity index (χ4n) is 3.40. The molecule has 1 aromatic rings.